The number of aryl methyl sites for hydroxylation is 1. The zero-order valence-electron chi connectivity index (χ0n) is 17.2. The van der Waals surface area contributed by atoms with Gasteiger partial charge in [0.15, 0.2) is 0 Å². The summed E-state index contributed by atoms with van der Waals surface area (Å²) in [6.07, 6.45) is 3.36. The maximum atomic E-state index is 13.4. The molecular weight excluding hydrogens is 398 g/mol. The van der Waals surface area contributed by atoms with Gasteiger partial charge in [-0.05, 0) is 44.0 Å². The van der Waals surface area contributed by atoms with Gasteiger partial charge in [-0.3, -0.25) is 24.5 Å². The molecule has 1 aliphatic heterocycles. The maximum Gasteiger partial charge on any atom is 0.269 e. The third kappa shape index (κ3) is 3.93. The first-order valence-corrected chi connectivity index (χ1v) is 10.4. The van der Waals surface area contributed by atoms with Gasteiger partial charge in [0.05, 0.1) is 17.0 Å². The first-order valence-electron chi connectivity index (χ1n) is 10.4. The van der Waals surface area contributed by atoms with E-state index >= 15 is 0 Å². The van der Waals surface area contributed by atoms with Crippen molar-refractivity contribution in [2.24, 2.45) is 0 Å². The quantitative estimate of drug-likeness (QED) is 0.417. The van der Waals surface area contributed by atoms with Gasteiger partial charge in [0, 0.05) is 23.7 Å². The molecular formula is C23H23N3O5. The molecule has 0 bridgehead atoms. The highest BCUT2D eigenvalue weighted by atomic mass is 16.6. The minimum atomic E-state index is -0.875. The molecule has 2 aromatic rings. The number of amides is 3. The Bertz CT molecular complexity index is 1030. The first-order chi connectivity index (χ1) is 14.9. The molecule has 8 heteroatoms. The number of rotatable bonds is 5. The van der Waals surface area contributed by atoms with E-state index in [0.29, 0.717) is 5.69 Å². The van der Waals surface area contributed by atoms with E-state index in [1.807, 2.05) is 19.1 Å². The predicted molar refractivity (Wildman–Crippen MR) is 114 cm³/mol. The highest BCUT2D eigenvalue weighted by Gasteiger charge is 2.47. The molecule has 1 unspecified atom stereocenters. The van der Waals surface area contributed by atoms with E-state index in [-0.39, 0.29) is 35.5 Å². The Morgan fingerprint density at radius 2 is 1.65 bits per heavy atom. The highest BCUT2D eigenvalue weighted by Crippen LogP contribution is 2.33. The highest BCUT2D eigenvalue weighted by molar-refractivity contribution is 6.23. The molecule has 0 aromatic heterocycles. The number of benzene rings is 2. The van der Waals surface area contributed by atoms with Gasteiger partial charge in [-0.15, -0.1) is 0 Å². The molecule has 0 spiro atoms. The largest absolute Gasteiger partial charge is 0.323 e. The molecule has 1 atom stereocenters. The Morgan fingerprint density at radius 1 is 1.03 bits per heavy atom. The summed E-state index contributed by atoms with van der Waals surface area (Å²) in [5.74, 6) is -1.12. The molecule has 2 aromatic carbocycles. The predicted octanol–water partition coefficient (Wildman–Crippen LogP) is 3.62. The summed E-state index contributed by atoms with van der Waals surface area (Å²) in [7, 11) is 0. The molecule has 0 radical (unpaired) electrons. The number of non-ortho nitro benzene ring substituents is 1. The molecule has 2 fully saturated rings. The van der Waals surface area contributed by atoms with Crippen molar-refractivity contribution in [2.45, 2.75) is 51.1 Å². The lowest BCUT2D eigenvalue weighted by Crippen LogP contribution is -2.50. The van der Waals surface area contributed by atoms with Gasteiger partial charge in [-0.25, -0.2) is 4.90 Å². The minimum absolute atomic E-state index is 0.0675. The number of hydrogen-bond donors (Lipinski definition) is 0. The van der Waals surface area contributed by atoms with E-state index in [4.69, 9.17) is 0 Å². The molecule has 1 heterocycles. The smallest absolute Gasteiger partial charge is 0.269 e. The second-order valence-corrected chi connectivity index (χ2v) is 8.08. The summed E-state index contributed by atoms with van der Waals surface area (Å²) in [6.45, 7) is 1.92. The van der Waals surface area contributed by atoms with E-state index in [1.165, 1.54) is 24.3 Å². The fraction of sp³-hybridized carbons (Fsp3) is 0.348. The molecule has 0 N–H and O–H groups in total. The molecule has 4 rings (SSSR count). The van der Waals surface area contributed by atoms with Gasteiger partial charge in [-0.2, -0.15) is 0 Å². The molecule has 1 saturated heterocycles. The van der Waals surface area contributed by atoms with Gasteiger partial charge in [0.2, 0.25) is 5.91 Å². The van der Waals surface area contributed by atoms with Crippen LogP contribution in [0.2, 0.25) is 0 Å². The van der Waals surface area contributed by atoms with Crippen molar-refractivity contribution in [2.75, 3.05) is 4.90 Å². The fourth-order valence-corrected chi connectivity index (χ4v) is 4.42. The van der Waals surface area contributed by atoms with Gasteiger partial charge in [-0.1, -0.05) is 30.5 Å². The number of carbonyl (C=O) groups is 3. The topological polar surface area (TPSA) is 101 Å². The summed E-state index contributed by atoms with van der Waals surface area (Å²) in [4.78, 5) is 52.6. The Kier molecular flexibility index (Phi) is 5.54. The van der Waals surface area contributed by atoms with Crippen LogP contribution in [0.15, 0.2) is 48.5 Å². The average molecular weight is 421 g/mol. The van der Waals surface area contributed by atoms with Crippen LogP contribution in [0, 0.1) is 17.0 Å². The molecule has 3 amide bonds. The van der Waals surface area contributed by atoms with Crippen molar-refractivity contribution in [3.63, 3.8) is 0 Å². The number of imide groups is 1. The number of nitrogens with zero attached hydrogens (tertiary/aromatic N) is 3. The first kappa shape index (κ1) is 20.7. The second-order valence-electron chi connectivity index (χ2n) is 8.08. The van der Waals surface area contributed by atoms with Crippen molar-refractivity contribution in [3.05, 3.63) is 69.8 Å². The van der Waals surface area contributed by atoms with Crippen LogP contribution in [-0.2, 0) is 9.59 Å². The van der Waals surface area contributed by atoms with Crippen LogP contribution in [0.25, 0.3) is 0 Å². The van der Waals surface area contributed by atoms with Crippen LogP contribution >= 0.6 is 0 Å². The number of nitro benzene ring substituents is 1. The van der Waals surface area contributed by atoms with Crippen LogP contribution < -0.4 is 4.90 Å². The Balaban J connectivity index is 1.65. The van der Waals surface area contributed by atoms with Crippen molar-refractivity contribution in [1.82, 2.24) is 4.90 Å². The zero-order valence-corrected chi connectivity index (χ0v) is 17.2. The SMILES string of the molecule is Cc1ccc(N2C(=O)CC(N(C(=O)c3ccc([N+](=O)[O-])cc3)C3CCCC3)C2=O)cc1. The van der Waals surface area contributed by atoms with Crippen molar-refractivity contribution in [1.29, 1.82) is 0 Å². The molecule has 2 aliphatic rings. The lowest BCUT2D eigenvalue weighted by atomic mass is 10.1. The van der Waals surface area contributed by atoms with Crippen LogP contribution in [0.5, 0.6) is 0 Å². The van der Waals surface area contributed by atoms with Crippen LogP contribution in [-0.4, -0.2) is 39.6 Å². The lowest BCUT2D eigenvalue weighted by Gasteiger charge is -2.33. The average Bonchev–Trinajstić information content (AvgIpc) is 3.38. The van der Waals surface area contributed by atoms with Crippen LogP contribution in [0.1, 0.15) is 48.0 Å². The van der Waals surface area contributed by atoms with E-state index in [1.54, 1.807) is 17.0 Å². The van der Waals surface area contributed by atoms with Crippen LogP contribution in [0.3, 0.4) is 0 Å². The molecule has 1 aliphatic carbocycles. The Morgan fingerprint density at radius 3 is 2.23 bits per heavy atom. The van der Waals surface area contributed by atoms with Crippen molar-refractivity contribution >= 4 is 29.1 Å². The normalized spacial score (nSPS) is 19.1. The number of nitro groups is 1. The van der Waals surface area contributed by atoms with Crippen LogP contribution in [0.4, 0.5) is 11.4 Å². The summed E-state index contributed by atoms with van der Waals surface area (Å²) < 4.78 is 0. The standard InChI is InChI=1S/C23H23N3O5/c1-15-6-10-18(11-7-15)25-21(27)14-20(23(25)29)24(17-4-2-3-5-17)22(28)16-8-12-19(13-9-16)26(30)31/h6-13,17,20H,2-5,14H2,1H3. The number of hydrogen-bond acceptors (Lipinski definition) is 5. The van der Waals surface area contributed by atoms with E-state index < -0.39 is 16.9 Å². The maximum absolute atomic E-state index is 13.4. The van der Waals surface area contributed by atoms with Gasteiger partial charge in [0.1, 0.15) is 6.04 Å². The van der Waals surface area contributed by atoms with Crippen molar-refractivity contribution < 1.29 is 19.3 Å². The number of anilines is 1. The van der Waals surface area contributed by atoms with Gasteiger partial charge in [0.25, 0.3) is 17.5 Å². The fourth-order valence-electron chi connectivity index (χ4n) is 4.42. The summed E-state index contributed by atoms with van der Waals surface area (Å²) in [5.41, 5.74) is 1.67. The van der Waals surface area contributed by atoms with Crippen molar-refractivity contribution in [3.8, 4) is 0 Å². The van der Waals surface area contributed by atoms with E-state index in [0.717, 1.165) is 36.1 Å². The molecule has 8 nitrogen and oxygen atoms in total. The van der Waals surface area contributed by atoms with Gasteiger partial charge < -0.3 is 4.90 Å². The third-order valence-electron chi connectivity index (χ3n) is 6.03. The second kappa shape index (κ2) is 8.29. The van der Waals surface area contributed by atoms with E-state index in [9.17, 15) is 24.5 Å². The Labute approximate surface area is 179 Å². The number of carbonyl (C=O) groups excluding carboxylic acids is 3. The molecule has 160 valence electrons. The van der Waals surface area contributed by atoms with Gasteiger partial charge >= 0.3 is 0 Å². The summed E-state index contributed by atoms with van der Waals surface area (Å²) in [5, 5.41) is 10.9. The zero-order chi connectivity index (χ0) is 22.1. The minimum Gasteiger partial charge on any atom is -0.323 e. The summed E-state index contributed by atoms with van der Waals surface area (Å²) in [6, 6.07) is 11.5. The Hall–Kier alpha value is -3.55. The third-order valence-corrected chi connectivity index (χ3v) is 6.03. The molecule has 1 saturated carbocycles. The molecule has 31 heavy (non-hydrogen) atoms. The monoisotopic (exact) mass is 421 g/mol. The lowest BCUT2D eigenvalue weighted by molar-refractivity contribution is -0.384. The van der Waals surface area contributed by atoms with E-state index in [2.05, 4.69) is 0 Å². The summed E-state index contributed by atoms with van der Waals surface area (Å²) >= 11 is 0.